The first kappa shape index (κ1) is 18.1. The molecule has 0 unspecified atom stereocenters. The van der Waals surface area contributed by atoms with Gasteiger partial charge in [0, 0.05) is 10.8 Å². The molecule has 2 aromatic carbocycles. The van der Waals surface area contributed by atoms with Gasteiger partial charge in [-0.2, -0.15) is 5.10 Å². The molecule has 0 bridgehead atoms. The lowest BCUT2D eigenvalue weighted by Gasteiger charge is -2.14. The predicted molar refractivity (Wildman–Crippen MR) is 112 cm³/mol. The second-order valence-corrected chi connectivity index (χ2v) is 8.26. The highest BCUT2D eigenvalue weighted by Crippen LogP contribution is 2.34. The summed E-state index contributed by atoms with van der Waals surface area (Å²) in [7, 11) is 0. The Morgan fingerprint density at radius 3 is 3.04 bits per heavy atom. The molecule has 0 spiro atoms. The minimum atomic E-state index is -0.134. The molecule has 0 fully saturated rings. The van der Waals surface area contributed by atoms with E-state index in [1.165, 1.54) is 23.7 Å². The zero-order valence-corrected chi connectivity index (χ0v) is 16.4. The van der Waals surface area contributed by atoms with Gasteiger partial charge in [0.15, 0.2) is 0 Å². The Bertz CT molecular complexity index is 1010. The molecule has 1 amide bonds. The molecule has 0 saturated heterocycles. The van der Waals surface area contributed by atoms with Crippen LogP contribution in [0.1, 0.15) is 5.56 Å². The van der Waals surface area contributed by atoms with Gasteiger partial charge in [-0.1, -0.05) is 53.3 Å². The van der Waals surface area contributed by atoms with Crippen molar-refractivity contribution in [1.29, 1.82) is 0 Å². The molecular formula is C18H14ClN5OS2. The smallest absolute Gasteiger partial charge is 0.234 e. The van der Waals surface area contributed by atoms with Gasteiger partial charge >= 0.3 is 0 Å². The number of carbonyl (C=O) groups excluding carboxylic acids is 1. The van der Waals surface area contributed by atoms with Crippen LogP contribution in [0.5, 0.6) is 0 Å². The van der Waals surface area contributed by atoms with Gasteiger partial charge in [-0.3, -0.25) is 4.79 Å². The van der Waals surface area contributed by atoms with E-state index in [1.807, 2.05) is 18.2 Å². The summed E-state index contributed by atoms with van der Waals surface area (Å²) in [4.78, 5) is 21.0. The molecule has 1 N–H and O–H groups in total. The number of benzene rings is 2. The highest BCUT2D eigenvalue weighted by atomic mass is 35.5. The Hall–Kier alpha value is -2.29. The Labute approximate surface area is 169 Å². The van der Waals surface area contributed by atoms with Crippen LogP contribution >= 0.6 is 35.1 Å². The second kappa shape index (κ2) is 8.16. The van der Waals surface area contributed by atoms with E-state index in [0.29, 0.717) is 16.4 Å². The van der Waals surface area contributed by atoms with Crippen LogP contribution in [0.15, 0.2) is 60.1 Å². The highest BCUT2D eigenvalue weighted by molar-refractivity contribution is 8.38. The number of anilines is 1. The molecule has 0 saturated carbocycles. The fourth-order valence-corrected chi connectivity index (χ4v) is 4.57. The van der Waals surface area contributed by atoms with Gasteiger partial charge in [-0.25, -0.2) is 14.7 Å². The monoisotopic (exact) mass is 415 g/mol. The number of hydrogen-bond donors (Lipinski definition) is 1. The van der Waals surface area contributed by atoms with Crippen LogP contribution < -0.4 is 5.32 Å². The van der Waals surface area contributed by atoms with Crippen molar-refractivity contribution >= 4 is 56.8 Å². The fourth-order valence-electron chi connectivity index (χ4n) is 2.54. The maximum absolute atomic E-state index is 12.4. The summed E-state index contributed by atoms with van der Waals surface area (Å²) in [5.74, 6) is 0.997. The number of nitrogens with one attached hydrogen (secondary N) is 1. The minimum absolute atomic E-state index is 0.134. The standard InChI is InChI=1S/C18H14ClN5OS2/c19-13-5-6-16(24-11-20-10-21-24)15(7-13)22-17(25)9-27-18-23-14-4-2-1-3-12(14)8-26-18/h1-7,10-11H,8-9H2,(H,22,25). The van der Waals surface area contributed by atoms with Gasteiger partial charge in [0.1, 0.15) is 17.0 Å². The van der Waals surface area contributed by atoms with Crippen molar-refractivity contribution in [1.82, 2.24) is 14.8 Å². The third-order valence-corrected chi connectivity index (χ3v) is 6.26. The number of carbonyl (C=O) groups is 1. The summed E-state index contributed by atoms with van der Waals surface area (Å²) in [6.07, 6.45) is 3.00. The molecule has 0 aliphatic carbocycles. The number of nitrogens with zero attached hydrogens (tertiary/aromatic N) is 4. The van der Waals surface area contributed by atoms with Crippen LogP contribution in [0.3, 0.4) is 0 Å². The molecule has 0 atom stereocenters. The largest absolute Gasteiger partial charge is 0.323 e. The lowest BCUT2D eigenvalue weighted by molar-refractivity contribution is -0.113. The molecule has 0 radical (unpaired) electrons. The molecule has 4 rings (SSSR count). The number of thioether (sulfide) groups is 2. The summed E-state index contributed by atoms with van der Waals surface area (Å²) in [5.41, 5.74) is 3.48. The normalized spacial score (nSPS) is 13.0. The molecule has 6 nitrogen and oxygen atoms in total. The second-order valence-electron chi connectivity index (χ2n) is 5.63. The first-order valence-corrected chi connectivity index (χ1v) is 10.4. The van der Waals surface area contributed by atoms with Gasteiger partial charge < -0.3 is 5.32 Å². The Morgan fingerprint density at radius 2 is 2.19 bits per heavy atom. The van der Waals surface area contributed by atoms with Gasteiger partial charge in [0.2, 0.25) is 5.91 Å². The number of amides is 1. The zero-order chi connectivity index (χ0) is 18.6. The molecule has 3 aromatic rings. The summed E-state index contributed by atoms with van der Waals surface area (Å²) >= 11 is 9.16. The van der Waals surface area contributed by atoms with Crippen LogP contribution in [0.2, 0.25) is 5.02 Å². The van der Waals surface area contributed by atoms with Crippen LogP contribution in [0.25, 0.3) is 5.69 Å². The number of rotatable bonds is 4. The topological polar surface area (TPSA) is 72.2 Å². The predicted octanol–water partition coefficient (Wildman–Crippen LogP) is 4.53. The fraction of sp³-hybridized carbons (Fsp3) is 0.111. The minimum Gasteiger partial charge on any atom is -0.323 e. The number of para-hydroxylation sites is 1. The van der Waals surface area contributed by atoms with Gasteiger partial charge in [0.05, 0.1) is 22.8 Å². The van der Waals surface area contributed by atoms with Crippen molar-refractivity contribution in [3.05, 3.63) is 65.7 Å². The number of halogens is 1. The Morgan fingerprint density at radius 1 is 1.30 bits per heavy atom. The molecule has 1 aliphatic heterocycles. The number of aliphatic imine (C=N–C) groups is 1. The molecule has 2 heterocycles. The third kappa shape index (κ3) is 4.35. The van der Waals surface area contributed by atoms with Crippen LogP contribution in [0.4, 0.5) is 11.4 Å². The first-order valence-electron chi connectivity index (χ1n) is 8.05. The van der Waals surface area contributed by atoms with Crippen LogP contribution in [0, 0.1) is 0 Å². The molecule has 1 aliphatic rings. The van der Waals surface area contributed by atoms with Crippen molar-refractivity contribution in [3.8, 4) is 5.69 Å². The summed E-state index contributed by atoms with van der Waals surface area (Å²) < 4.78 is 2.48. The summed E-state index contributed by atoms with van der Waals surface area (Å²) in [6.45, 7) is 0. The number of fused-ring (bicyclic) bond motifs is 1. The van der Waals surface area contributed by atoms with Crippen molar-refractivity contribution in [2.45, 2.75) is 5.75 Å². The van der Waals surface area contributed by atoms with Gasteiger partial charge in [0.25, 0.3) is 0 Å². The summed E-state index contributed by atoms with van der Waals surface area (Å²) in [5, 5.41) is 7.54. The van der Waals surface area contributed by atoms with Crippen molar-refractivity contribution in [3.63, 3.8) is 0 Å². The zero-order valence-electron chi connectivity index (χ0n) is 14.0. The molecule has 9 heteroatoms. The Kier molecular flexibility index (Phi) is 5.47. The highest BCUT2D eigenvalue weighted by Gasteiger charge is 2.15. The average molecular weight is 416 g/mol. The van der Waals surface area contributed by atoms with Crippen molar-refractivity contribution < 1.29 is 4.79 Å². The van der Waals surface area contributed by atoms with Gasteiger partial charge in [-0.05, 0) is 29.8 Å². The van der Waals surface area contributed by atoms with Crippen LogP contribution in [-0.2, 0) is 10.5 Å². The Balaban J connectivity index is 1.44. The maximum atomic E-state index is 12.4. The van der Waals surface area contributed by atoms with Crippen molar-refractivity contribution in [2.75, 3.05) is 11.1 Å². The van der Waals surface area contributed by atoms with Crippen LogP contribution in [-0.4, -0.2) is 30.8 Å². The molecule has 136 valence electrons. The molecule has 1 aromatic heterocycles. The van der Waals surface area contributed by atoms with E-state index in [-0.39, 0.29) is 11.7 Å². The third-order valence-electron chi connectivity index (χ3n) is 3.78. The average Bonchev–Trinajstić information content (AvgIpc) is 3.21. The van der Waals surface area contributed by atoms with E-state index >= 15 is 0 Å². The van der Waals surface area contributed by atoms with E-state index < -0.39 is 0 Å². The van der Waals surface area contributed by atoms with E-state index in [4.69, 9.17) is 11.6 Å². The maximum Gasteiger partial charge on any atom is 0.234 e. The first-order chi connectivity index (χ1) is 13.2. The molecular weight excluding hydrogens is 402 g/mol. The summed E-state index contributed by atoms with van der Waals surface area (Å²) in [6, 6.07) is 13.3. The van der Waals surface area contributed by atoms with Crippen molar-refractivity contribution in [2.24, 2.45) is 4.99 Å². The number of hydrogen-bond acceptors (Lipinski definition) is 6. The quantitative estimate of drug-likeness (QED) is 0.677. The SMILES string of the molecule is O=C(CSC1=Nc2ccccc2CS1)Nc1cc(Cl)ccc1-n1cncn1. The lowest BCUT2D eigenvalue weighted by atomic mass is 10.2. The van der Waals surface area contributed by atoms with E-state index in [9.17, 15) is 4.79 Å². The van der Waals surface area contributed by atoms with E-state index in [1.54, 1.807) is 41.0 Å². The van der Waals surface area contributed by atoms with E-state index in [2.05, 4.69) is 26.5 Å². The number of aromatic nitrogens is 3. The van der Waals surface area contributed by atoms with E-state index in [0.717, 1.165) is 15.8 Å². The lowest BCUT2D eigenvalue weighted by Crippen LogP contribution is -2.17. The van der Waals surface area contributed by atoms with Gasteiger partial charge in [-0.15, -0.1) is 0 Å². The molecule has 27 heavy (non-hydrogen) atoms.